The van der Waals surface area contributed by atoms with Gasteiger partial charge in [-0.3, -0.25) is 4.79 Å². The molecule has 1 unspecified atom stereocenters. The molecule has 1 atom stereocenters. The Kier molecular flexibility index (Phi) is 6.12. The summed E-state index contributed by atoms with van der Waals surface area (Å²) >= 11 is 6.22. The maximum atomic E-state index is 12.8. The summed E-state index contributed by atoms with van der Waals surface area (Å²) in [5, 5.41) is 11.7. The molecule has 0 bridgehead atoms. The molecule has 1 fully saturated rings. The van der Waals surface area contributed by atoms with Crippen molar-refractivity contribution >= 4 is 23.5 Å². The minimum atomic E-state index is -2.84. The van der Waals surface area contributed by atoms with Crippen LogP contribution in [0.25, 0.3) is 0 Å². The summed E-state index contributed by atoms with van der Waals surface area (Å²) in [7, 11) is 0. The zero-order valence-corrected chi connectivity index (χ0v) is 13.6. The van der Waals surface area contributed by atoms with E-state index in [9.17, 15) is 18.4 Å². The Bertz CT molecular complexity index is 605. The SMILES string of the molecule is O=C(O)C(CC(F)F)NC(=O)C1(c2ccccc2Cl)CCOCC1. The maximum Gasteiger partial charge on any atom is 0.326 e. The Labute approximate surface area is 142 Å². The predicted octanol–water partition coefficient (Wildman–Crippen LogP) is 2.61. The number of amides is 1. The van der Waals surface area contributed by atoms with E-state index in [-0.39, 0.29) is 0 Å². The molecule has 0 spiro atoms. The van der Waals surface area contributed by atoms with Crippen molar-refractivity contribution in [2.24, 2.45) is 0 Å². The van der Waals surface area contributed by atoms with E-state index >= 15 is 0 Å². The molecule has 1 aromatic rings. The summed E-state index contributed by atoms with van der Waals surface area (Å²) in [5.74, 6) is -2.11. The Morgan fingerprint density at radius 1 is 1.29 bits per heavy atom. The fourth-order valence-electron chi connectivity index (χ4n) is 2.88. The van der Waals surface area contributed by atoms with Crippen LogP contribution < -0.4 is 5.32 Å². The number of hydrogen-bond donors (Lipinski definition) is 2. The molecule has 0 aliphatic carbocycles. The summed E-state index contributed by atoms with van der Waals surface area (Å²) in [6.45, 7) is 0.594. The molecule has 0 aromatic heterocycles. The van der Waals surface area contributed by atoms with E-state index in [4.69, 9.17) is 21.4 Å². The van der Waals surface area contributed by atoms with E-state index in [1.807, 2.05) is 0 Å². The van der Waals surface area contributed by atoms with Crippen LogP contribution in [0, 0.1) is 0 Å². The summed E-state index contributed by atoms with van der Waals surface area (Å²) in [4.78, 5) is 24.0. The molecule has 1 amide bonds. The van der Waals surface area contributed by atoms with E-state index in [2.05, 4.69) is 5.32 Å². The predicted molar refractivity (Wildman–Crippen MR) is 83.4 cm³/mol. The Balaban J connectivity index is 2.32. The van der Waals surface area contributed by atoms with Gasteiger partial charge in [-0.05, 0) is 24.5 Å². The standard InChI is InChI=1S/C16H18ClF2NO4/c17-11-4-2-1-3-10(11)16(5-7-24-8-6-16)15(23)20-12(14(21)22)9-13(18)19/h1-4,12-13H,5-9H2,(H,20,23)(H,21,22). The minimum absolute atomic E-state index is 0.295. The lowest BCUT2D eigenvalue weighted by atomic mass is 9.73. The monoisotopic (exact) mass is 361 g/mol. The average Bonchev–Trinajstić information content (AvgIpc) is 2.54. The zero-order valence-electron chi connectivity index (χ0n) is 12.8. The number of ether oxygens (including phenoxy) is 1. The Morgan fingerprint density at radius 3 is 2.46 bits per heavy atom. The van der Waals surface area contributed by atoms with Gasteiger partial charge in [0, 0.05) is 24.7 Å². The lowest BCUT2D eigenvalue weighted by Crippen LogP contribution is -2.53. The highest BCUT2D eigenvalue weighted by molar-refractivity contribution is 6.31. The van der Waals surface area contributed by atoms with Crippen LogP contribution in [0.15, 0.2) is 24.3 Å². The molecule has 8 heteroatoms. The molecule has 1 aliphatic rings. The third kappa shape index (κ3) is 4.02. The van der Waals surface area contributed by atoms with Crippen molar-refractivity contribution in [2.45, 2.75) is 37.1 Å². The number of nitrogens with one attached hydrogen (secondary N) is 1. The molecule has 24 heavy (non-hydrogen) atoms. The van der Waals surface area contributed by atoms with Gasteiger partial charge in [0.25, 0.3) is 0 Å². The number of carboxylic acid groups (broad SMARTS) is 1. The number of hydrogen-bond acceptors (Lipinski definition) is 3. The van der Waals surface area contributed by atoms with Gasteiger partial charge in [0.1, 0.15) is 6.04 Å². The quantitative estimate of drug-likeness (QED) is 0.816. The first kappa shape index (κ1) is 18.6. The highest BCUT2D eigenvalue weighted by Gasteiger charge is 2.44. The van der Waals surface area contributed by atoms with Crippen LogP contribution in [0.4, 0.5) is 8.78 Å². The number of rotatable bonds is 6. The van der Waals surface area contributed by atoms with Crippen molar-refractivity contribution in [3.63, 3.8) is 0 Å². The lowest BCUT2D eigenvalue weighted by molar-refractivity contribution is -0.144. The van der Waals surface area contributed by atoms with Crippen molar-refractivity contribution in [2.75, 3.05) is 13.2 Å². The molecule has 132 valence electrons. The first-order valence-corrected chi connectivity index (χ1v) is 7.89. The highest BCUT2D eigenvalue weighted by Crippen LogP contribution is 2.39. The van der Waals surface area contributed by atoms with E-state index in [0.29, 0.717) is 36.6 Å². The summed E-state index contributed by atoms with van der Waals surface area (Å²) in [5.41, 5.74) is -0.541. The lowest BCUT2D eigenvalue weighted by Gasteiger charge is -2.37. The largest absolute Gasteiger partial charge is 0.480 e. The van der Waals surface area contributed by atoms with Gasteiger partial charge in [-0.1, -0.05) is 29.8 Å². The van der Waals surface area contributed by atoms with Gasteiger partial charge in [-0.15, -0.1) is 0 Å². The Morgan fingerprint density at radius 2 is 1.92 bits per heavy atom. The van der Waals surface area contributed by atoms with Crippen molar-refractivity contribution in [3.05, 3.63) is 34.9 Å². The summed E-state index contributed by atoms with van der Waals surface area (Å²) < 4.78 is 30.4. The van der Waals surface area contributed by atoms with Crippen LogP contribution >= 0.6 is 11.6 Å². The van der Waals surface area contributed by atoms with Crippen molar-refractivity contribution < 1.29 is 28.2 Å². The van der Waals surface area contributed by atoms with Gasteiger partial charge in [0.05, 0.1) is 5.41 Å². The number of carbonyl (C=O) groups excluding carboxylic acids is 1. The van der Waals surface area contributed by atoms with Crippen LogP contribution in [-0.2, 0) is 19.7 Å². The maximum absolute atomic E-state index is 12.8. The smallest absolute Gasteiger partial charge is 0.326 e. The summed E-state index contributed by atoms with van der Waals surface area (Å²) in [6, 6.07) is 5.11. The number of carbonyl (C=O) groups is 2. The zero-order chi connectivity index (χ0) is 17.7. The molecular formula is C16H18ClF2NO4. The molecule has 1 aromatic carbocycles. The number of alkyl halides is 2. The number of carboxylic acids is 1. The highest BCUT2D eigenvalue weighted by atomic mass is 35.5. The fourth-order valence-corrected chi connectivity index (χ4v) is 3.20. The first-order chi connectivity index (χ1) is 11.4. The number of halogens is 3. The minimum Gasteiger partial charge on any atom is -0.480 e. The molecule has 2 N–H and O–H groups in total. The van der Waals surface area contributed by atoms with Gasteiger partial charge in [0.2, 0.25) is 12.3 Å². The molecular weight excluding hydrogens is 344 g/mol. The molecule has 5 nitrogen and oxygen atoms in total. The molecule has 0 saturated carbocycles. The fraction of sp³-hybridized carbons (Fsp3) is 0.500. The molecule has 2 rings (SSSR count). The van der Waals surface area contributed by atoms with Crippen molar-refractivity contribution in [1.82, 2.24) is 5.32 Å². The molecule has 1 aliphatic heterocycles. The molecule has 1 heterocycles. The van der Waals surface area contributed by atoms with Crippen LogP contribution in [-0.4, -0.2) is 42.7 Å². The normalized spacial score (nSPS) is 18.2. The van der Waals surface area contributed by atoms with E-state index < -0.39 is 36.2 Å². The Hall–Kier alpha value is -1.73. The van der Waals surface area contributed by atoms with Crippen molar-refractivity contribution in [1.29, 1.82) is 0 Å². The van der Waals surface area contributed by atoms with Crippen LogP contribution in [0.2, 0.25) is 5.02 Å². The average molecular weight is 362 g/mol. The van der Waals surface area contributed by atoms with Crippen LogP contribution in [0.5, 0.6) is 0 Å². The van der Waals surface area contributed by atoms with Gasteiger partial charge in [-0.25, -0.2) is 13.6 Å². The van der Waals surface area contributed by atoms with E-state index in [1.54, 1.807) is 24.3 Å². The number of benzene rings is 1. The van der Waals surface area contributed by atoms with Gasteiger partial charge in [-0.2, -0.15) is 0 Å². The van der Waals surface area contributed by atoms with Gasteiger partial charge in [0.15, 0.2) is 0 Å². The second-order valence-electron chi connectivity index (χ2n) is 5.67. The van der Waals surface area contributed by atoms with Crippen molar-refractivity contribution in [3.8, 4) is 0 Å². The third-order valence-corrected chi connectivity index (χ3v) is 4.52. The number of aliphatic carboxylic acids is 1. The first-order valence-electron chi connectivity index (χ1n) is 7.51. The van der Waals surface area contributed by atoms with Gasteiger partial charge < -0.3 is 15.2 Å². The molecule has 1 saturated heterocycles. The van der Waals surface area contributed by atoms with Crippen LogP contribution in [0.3, 0.4) is 0 Å². The second kappa shape index (κ2) is 7.90. The van der Waals surface area contributed by atoms with E-state index in [1.165, 1.54) is 0 Å². The van der Waals surface area contributed by atoms with Gasteiger partial charge >= 0.3 is 5.97 Å². The molecule has 0 radical (unpaired) electrons. The third-order valence-electron chi connectivity index (χ3n) is 4.19. The van der Waals surface area contributed by atoms with Crippen LogP contribution in [0.1, 0.15) is 24.8 Å². The topological polar surface area (TPSA) is 75.6 Å². The second-order valence-corrected chi connectivity index (χ2v) is 6.07. The van der Waals surface area contributed by atoms with E-state index in [0.717, 1.165) is 0 Å². The summed E-state index contributed by atoms with van der Waals surface area (Å²) in [6.07, 6.45) is -3.19.